The minimum Gasteiger partial charge on any atom is -0.379 e. The number of morpholine rings is 1. The van der Waals surface area contributed by atoms with Gasteiger partial charge in [-0.25, -0.2) is 0 Å². The zero-order valence-corrected chi connectivity index (χ0v) is 17.3. The fourth-order valence-electron chi connectivity index (χ4n) is 3.86. The van der Waals surface area contributed by atoms with Crippen LogP contribution in [0.15, 0.2) is 36.5 Å². The van der Waals surface area contributed by atoms with Crippen LogP contribution in [0.2, 0.25) is 0 Å². The summed E-state index contributed by atoms with van der Waals surface area (Å²) < 4.78 is 5.45. The first-order valence-electron chi connectivity index (χ1n) is 9.57. The second kappa shape index (κ2) is 8.65. The lowest BCUT2D eigenvalue weighted by Crippen LogP contribution is -2.38. The molecule has 2 aliphatic heterocycles. The van der Waals surface area contributed by atoms with Crippen molar-refractivity contribution in [2.24, 2.45) is 0 Å². The van der Waals surface area contributed by atoms with E-state index in [2.05, 4.69) is 45.2 Å². The van der Waals surface area contributed by atoms with Gasteiger partial charge in [0.05, 0.1) is 31.0 Å². The Kier molecular flexibility index (Phi) is 6.02. The second-order valence-corrected chi connectivity index (χ2v) is 8.78. The van der Waals surface area contributed by atoms with Gasteiger partial charge in [0.2, 0.25) is 0 Å². The molecule has 2 aromatic heterocycles. The van der Waals surface area contributed by atoms with Crippen LogP contribution in [0, 0.1) is 6.92 Å². The van der Waals surface area contributed by atoms with Gasteiger partial charge in [0.1, 0.15) is 0 Å². The molecule has 0 saturated carbocycles. The first-order chi connectivity index (χ1) is 13.2. The van der Waals surface area contributed by atoms with Crippen LogP contribution in [0.4, 0.5) is 0 Å². The highest BCUT2D eigenvalue weighted by Crippen LogP contribution is 2.41. The highest BCUT2D eigenvalue weighted by molar-refractivity contribution is 7.80. The van der Waals surface area contributed by atoms with Crippen molar-refractivity contribution in [2.45, 2.75) is 25.4 Å². The summed E-state index contributed by atoms with van der Waals surface area (Å²) in [4.78, 5) is 12.1. The van der Waals surface area contributed by atoms with Crippen LogP contribution < -0.4 is 5.32 Å². The van der Waals surface area contributed by atoms with Crippen molar-refractivity contribution in [3.8, 4) is 0 Å². The Labute approximate surface area is 170 Å². The van der Waals surface area contributed by atoms with Crippen LogP contribution >= 0.6 is 23.6 Å². The molecule has 7 heteroatoms. The van der Waals surface area contributed by atoms with Gasteiger partial charge < -0.3 is 15.0 Å². The van der Waals surface area contributed by atoms with E-state index in [0.717, 1.165) is 56.6 Å². The number of aryl methyl sites for hydroxylation is 1. The normalized spacial score (nSPS) is 23.6. The third-order valence-corrected chi connectivity index (χ3v) is 6.65. The van der Waals surface area contributed by atoms with Crippen molar-refractivity contribution in [3.63, 3.8) is 0 Å². The van der Waals surface area contributed by atoms with Gasteiger partial charge in [0.15, 0.2) is 5.11 Å². The minimum absolute atomic E-state index is 0.0973. The Hall–Kier alpha value is -1.54. The molecule has 2 atom stereocenters. The maximum absolute atomic E-state index is 5.73. The van der Waals surface area contributed by atoms with Crippen molar-refractivity contribution < 1.29 is 4.74 Å². The third kappa shape index (κ3) is 4.32. The first kappa shape index (κ1) is 18.8. The molecule has 27 heavy (non-hydrogen) atoms. The summed E-state index contributed by atoms with van der Waals surface area (Å²) in [6, 6.07) is 10.8. The molecule has 0 unspecified atom stereocenters. The van der Waals surface area contributed by atoms with Gasteiger partial charge >= 0.3 is 0 Å². The summed E-state index contributed by atoms with van der Waals surface area (Å²) in [5.74, 6) is 0. The van der Waals surface area contributed by atoms with Crippen LogP contribution in [0.1, 0.15) is 34.0 Å². The smallest absolute Gasteiger partial charge is 0.170 e. The quantitative estimate of drug-likeness (QED) is 0.749. The number of nitrogens with zero attached hydrogens (tertiary/aromatic N) is 3. The molecule has 0 aromatic carbocycles. The Morgan fingerprint density at radius 2 is 2.07 bits per heavy atom. The highest BCUT2D eigenvalue weighted by Gasteiger charge is 2.40. The molecule has 1 N–H and O–H groups in total. The van der Waals surface area contributed by atoms with Gasteiger partial charge in [-0.05, 0) is 49.8 Å². The van der Waals surface area contributed by atoms with E-state index in [4.69, 9.17) is 17.0 Å². The van der Waals surface area contributed by atoms with Crippen molar-refractivity contribution >= 4 is 28.7 Å². The maximum Gasteiger partial charge on any atom is 0.170 e. The van der Waals surface area contributed by atoms with Gasteiger partial charge in [-0.3, -0.25) is 9.88 Å². The summed E-state index contributed by atoms with van der Waals surface area (Å²) in [5.41, 5.74) is 1.05. The molecule has 2 saturated heterocycles. The van der Waals surface area contributed by atoms with E-state index in [-0.39, 0.29) is 12.1 Å². The number of aromatic nitrogens is 1. The molecule has 2 aliphatic rings. The SMILES string of the molecule is Cc1ccc([C@H]2[C@H](c3ccccn3)NC(=S)N2CCCN2CCOCC2)s1. The van der Waals surface area contributed by atoms with E-state index in [9.17, 15) is 0 Å². The van der Waals surface area contributed by atoms with Crippen molar-refractivity contribution in [2.75, 3.05) is 39.4 Å². The minimum atomic E-state index is 0.0973. The van der Waals surface area contributed by atoms with Crippen LogP contribution in [-0.4, -0.2) is 59.3 Å². The predicted molar refractivity (Wildman–Crippen MR) is 113 cm³/mol. The van der Waals surface area contributed by atoms with Crippen LogP contribution in [-0.2, 0) is 4.74 Å². The topological polar surface area (TPSA) is 40.6 Å². The zero-order chi connectivity index (χ0) is 18.6. The summed E-state index contributed by atoms with van der Waals surface area (Å²) in [5, 5.41) is 4.37. The number of rotatable bonds is 6. The number of hydrogen-bond acceptors (Lipinski definition) is 5. The average molecular weight is 403 g/mol. The van der Waals surface area contributed by atoms with E-state index in [1.165, 1.54) is 9.75 Å². The van der Waals surface area contributed by atoms with E-state index < -0.39 is 0 Å². The number of pyridine rings is 1. The lowest BCUT2D eigenvalue weighted by molar-refractivity contribution is 0.0366. The Bertz CT molecular complexity index is 760. The lowest BCUT2D eigenvalue weighted by atomic mass is 10.0. The largest absolute Gasteiger partial charge is 0.379 e. The lowest BCUT2D eigenvalue weighted by Gasteiger charge is -2.30. The average Bonchev–Trinajstić information content (AvgIpc) is 3.27. The van der Waals surface area contributed by atoms with Gasteiger partial charge in [-0.1, -0.05) is 6.07 Å². The number of nitrogens with one attached hydrogen (secondary N) is 1. The number of thiophene rings is 1. The molecular formula is C20H26N4OS2. The molecule has 0 radical (unpaired) electrons. The molecule has 144 valence electrons. The van der Waals surface area contributed by atoms with E-state index >= 15 is 0 Å². The van der Waals surface area contributed by atoms with Crippen LogP contribution in [0.25, 0.3) is 0 Å². The van der Waals surface area contributed by atoms with Crippen LogP contribution in [0.5, 0.6) is 0 Å². The molecule has 5 nitrogen and oxygen atoms in total. The molecule has 4 rings (SSSR count). The van der Waals surface area contributed by atoms with E-state index in [0.29, 0.717) is 0 Å². The van der Waals surface area contributed by atoms with E-state index in [1.807, 2.05) is 29.7 Å². The molecule has 0 bridgehead atoms. The van der Waals surface area contributed by atoms with Gasteiger partial charge in [0, 0.05) is 42.1 Å². The second-order valence-electron chi connectivity index (χ2n) is 7.08. The fraction of sp³-hybridized carbons (Fsp3) is 0.500. The number of hydrogen-bond donors (Lipinski definition) is 1. The van der Waals surface area contributed by atoms with E-state index in [1.54, 1.807) is 0 Å². The molecule has 2 aromatic rings. The Balaban J connectivity index is 1.50. The third-order valence-electron chi connectivity index (χ3n) is 5.23. The first-order valence-corrected chi connectivity index (χ1v) is 10.8. The van der Waals surface area contributed by atoms with Crippen molar-refractivity contribution in [1.29, 1.82) is 0 Å². The fourth-order valence-corrected chi connectivity index (χ4v) is 5.22. The summed E-state index contributed by atoms with van der Waals surface area (Å²) in [7, 11) is 0. The summed E-state index contributed by atoms with van der Waals surface area (Å²) >= 11 is 7.58. The van der Waals surface area contributed by atoms with Crippen molar-refractivity contribution in [1.82, 2.24) is 20.1 Å². The molecular weight excluding hydrogens is 376 g/mol. The van der Waals surface area contributed by atoms with Gasteiger partial charge in [-0.2, -0.15) is 0 Å². The molecule has 4 heterocycles. The Morgan fingerprint density at radius 3 is 2.78 bits per heavy atom. The number of ether oxygens (including phenoxy) is 1. The van der Waals surface area contributed by atoms with Gasteiger partial charge in [-0.15, -0.1) is 11.3 Å². The predicted octanol–water partition coefficient (Wildman–Crippen LogP) is 3.15. The monoisotopic (exact) mass is 402 g/mol. The standard InChI is InChI=1S/C20H26N4OS2/c1-15-6-7-17(27-15)19-18(16-5-2-3-8-21-16)22-20(26)24(19)10-4-9-23-11-13-25-14-12-23/h2-3,5-8,18-19H,4,9-14H2,1H3,(H,22,26)/t18-,19-/m0/s1. The van der Waals surface area contributed by atoms with Crippen molar-refractivity contribution in [3.05, 3.63) is 52.0 Å². The van der Waals surface area contributed by atoms with Crippen LogP contribution in [0.3, 0.4) is 0 Å². The summed E-state index contributed by atoms with van der Waals surface area (Å²) in [6.07, 6.45) is 2.95. The summed E-state index contributed by atoms with van der Waals surface area (Å²) in [6.45, 7) is 7.97. The van der Waals surface area contributed by atoms with Gasteiger partial charge in [0.25, 0.3) is 0 Å². The number of thiocarbonyl (C=S) groups is 1. The molecule has 0 aliphatic carbocycles. The molecule has 0 amide bonds. The Morgan fingerprint density at radius 1 is 1.22 bits per heavy atom. The molecule has 0 spiro atoms. The maximum atomic E-state index is 5.73. The highest BCUT2D eigenvalue weighted by atomic mass is 32.1. The molecule has 2 fully saturated rings. The zero-order valence-electron chi connectivity index (χ0n) is 15.6.